The SMILES string of the molecule is CC(Cc1ccccc1Br)NC(=O)CC1CC2CCC(C1)N2. The number of benzene rings is 1. The number of fused-ring (bicyclic) bond motifs is 2. The summed E-state index contributed by atoms with van der Waals surface area (Å²) in [6.45, 7) is 2.09. The van der Waals surface area contributed by atoms with Crippen molar-refractivity contribution in [3.8, 4) is 0 Å². The largest absolute Gasteiger partial charge is 0.353 e. The van der Waals surface area contributed by atoms with Crippen molar-refractivity contribution >= 4 is 21.8 Å². The number of carbonyl (C=O) groups is 1. The Morgan fingerprint density at radius 1 is 1.32 bits per heavy atom. The van der Waals surface area contributed by atoms with Crippen LogP contribution < -0.4 is 10.6 Å². The molecule has 2 N–H and O–H groups in total. The van der Waals surface area contributed by atoms with E-state index in [1.807, 2.05) is 12.1 Å². The smallest absolute Gasteiger partial charge is 0.220 e. The molecule has 2 fully saturated rings. The Labute approximate surface area is 141 Å². The highest BCUT2D eigenvalue weighted by molar-refractivity contribution is 9.10. The maximum Gasteiger partial charge on any atom is 0.220 e. The van der Waals surface area contributed by atoms with E-state index in [0.717, 1.165) is 10.9 Å². The van der Waals surface area contributed by atoms with Gasteiger partial charge in [-0.05, 0) is 56.6 Å². The fraction of sp³-hybridized carbons (Fsp3) is 0.611. The standard InChI is InChI=1S/C18H25BrN2O/c1-12(8-14-4-2-3-5-17(14)19)20-18(22)11-13-9-15-6-7-16(10-13)21-15/h2-5,12-13,15-16,21H,6-11H2,1H3,(H,20,22). The molecule has 120 valence electrons. The molecule has 2 bridgehead atoms. The van der Waals surface area contributed by atoms with E-state index in [9.17, 15) is 4.79 Å². The molecular formula is C18H25BrN2O. The van der Waals surface area contributed by atoms with Gasteiger partial charge in [-0.2, -0.15) is 0 Å². The van der Waals surface area contributed by atoms with Crippen LogP contribution in [0.3, 0.4) is 0 Å². The number of hydrogen-bond acceptors (Lipinski definition) is 2. The molecule has 0 saturated carbocycles. The van der Waals surface area contributed by atoms with E-state index < -0.39 is 0 Å². The minimum atomic E-state index is 0.171. The Kier molecular flexibility index (Phi) is 5.19. The molecule has 0 aromatic heterocycles. The highest BCUT2D eigenvalue weighted by Gasteiger charge is 2.34. The Hall–Kier alpha value is -0.870. The molecule has 3 nitrogen and oxygen atoms in total. The zero-order valence-electron chi connectivity index (χ0n) is 13.1. The van der Waals surface area contributed by atoms with Crippen LogP contribution in [0.15, 0.2) is 28.7 Å². The van der Waals surface area contributed by atoms with Crippen LogP contribution in [0.2, 0.25) is 0 Å². The molecule has 2 aliphatic heterocycles. The third kappa shape index (κ3) is 4.11. The summed E-state index contributed by atoms with van der Waals surface area (Å²) in [5.41, 5.74) is 1.25. The lowest BCUT2D eigenvalue weighted by Gasteiger charge is -2.29. The highest BCUT2D eigenvalue weighted by atomic mass is 79.9. The first-order chi connectivity index (χ1) is 10.6. The van der Waals surface area contributed by atoms with Gasteiger partial charge in [0.05, 0.1) is 0 Å². The molecule has 1 aromatic rings. The minimum absolute atomic E-state index is 0.171. The molecule has 22 heavy (non-hydrogen) atoms. The Balaban J connectivity index is 1.46. The number of halogens is 1. The van der Waals surface area contributed by atoms with Crippen LogP contribution >= 0.6 is 15.9 Å². The van der Waals surface area contributed by atoms with Crippen molar-refractivity contribution in [2.45, 2.75) is 63.6 Å². The number of amides is 1. The maximum atomic E-state index is 12.3. The number of hydrogen-bond donors (Lipinski definition) is 2. The van der Waals surface area contributed by atoms with Crippen LogP contribution in [0.25, 0.3) is 0 Å². The molecule has 3 unspecified atom stereocenters. The van der Waals surface area contributed by atoms with Gasteiger partial charge in [0.25, 0.3) is 0 Å². The molecule has 2 saturated heterocycles. The topological polar surface area (TPSA) is 41.1 Å². The monoisotopic (exact) mass is 364 g/mol. The van der Waals surface area contributed by atoms with Gasteiger partial charge in [-0.3, -0.25) is 4.79 Å². The average Bonchev–Trinajstić information content (AvgIpc) is 2.80. The van der Waals surface area contributed by atoms with Crippen molar-refractivity contribution < 1.29 is 4.79 Å². The summed E-state index contributed by atoms with van der Waals surface area (Å²) in [6.07, 6.45) is 6.48. The lowest BCUT2D eigenvalue weighted by molar-refractivity contribution is -0.122. The first kappa shape index (κ1) is 16.0. The molecule has 0 spiro atoms. The summed E-state index contributed by atoms with van der Waals surface area (Å²) in [7, 11) is 0. The second-order valence-electron chi connectivity index (χ2n) is 6.94. The fourth-order valence-electron chi connectivity index (χ4n) is 3.98. The van der Waals surface area contributed by atoms with Gasteiger partial charge in [-0.25, -0.2) is 0 Å². The third-order valence-corrected chi connectivity index (χ3v) is 5.71. The summed E-state index contributed by atoms with van der Waals surface area (Å²) in [5, 5.41) is 6.81. The number of rotatable bonds is 5. The molecule has 3 atom stereocenters. The van der Waals surface area contributed by atoms with Gasteiger partial charge < -0.3 is 10.6 Å². The second kappa shape index (κ2) is 7.14. The van der Waals surface area contributed by atoms with E-state index in [1.54, 1.807) is 0 Å². The average molecular weight is 365 g/mol. The van der Waals surface area contributed by atoms with Gasteiger partial charge in [0, 0.05) is 29.0 Å². The quantitative estimate of drug-likeness (QED) is 0.840. The lowest BCUT2D eigenvalue weighted by Crippen LogP contribution is -2.41. The van der Waals surface area contributed by atoms with Crippen LogP contribution in [-0.2, 0) is 11.2 Å². The maximum absolute atomic E-state index is 12.3. The van der Waals surface area contributed by atoms with Gasteiger partial charge >= 0.3 is 0 Å². The zero-order chi connectivity index (χ0) is 15.5. The van der Waals surface area contributed by atoms with E-state index in [-0.39, 0.29) is 11.9 Å². The van der Waals surface area contributed by atoms with Crippen LogP contribution in [0, 0.1) is 5.92 Å². The van der Waals surface area contributed by atoms with Crippen molar-refractivity contribution in [2.24, 2.45) is 5.92 Å². The van der Waals surface area contributed by atoms with Crippen molar-refractivity contribution in [1.29, 1.82) is 0 Å². The van der Waals surface area contributed by atoms with Crippen LogP contribution in [0.5, 0.6) is 0 Å². The normalized spacial score (nSPS) is 28.4. The first-order valence-electron chi connectivity index (χ1n) is 8.39. The summed E-state index contributed by atoms with van der Waals surface area (Å²) < 4.78 is 1.12. The lowest BCUT2D eigenvalue weighted by atomic mass is 9.89. The molecule has 3 rings (SSSR count). The van der Waals surface area contributed by atoms with E-state index in [0.29, 0.717) is 24.4 Å². The van der Waals surface area contributed by atoms with Crippen molar-refractivity contribution in [3.05, 3.63) is 34.3 Å². The first-order valence-corrected chi connectivity index (χ1v) is 9.18. The van der Waals surface area contributed by atoms with Crippen LogP contribution in [0.1, 0.15) is 44.6 Å². The predicted octanol–water partition coefficient (Wildman–Crippen LogP) is 3.42. The molecule has 2 heterocycles. The summed E-state index contributed by atoms with van der Waals surface area (Å²) in [6, 6.07) is 9.71. The number of piperidine rings is 1. The fourth-order valence-corrected chi connectivity index (χ4v) is 4.43. The number of carbonyl (C=O) groups excluding carboxylic acids is 1. The number of nitrogens with one attached hydrogen (secondary N) is 2. The van der Waals surface area contributed by atoms with E-state index in [4.69, 9.17) is 0 Å². The van der Waals surface area contributed by atoms with Crippen LogP contribution in [-0.4, -0.2) is 24.0 Å². The van der Waals surface area contributed by atoms with Crippen LogP contribution in [0.4, 0.5) is 0 Å². The molecule has 0 radical (unpaired) electrons. The predicted molar refractivity (Wildman–Crippen MR) is 92.7 cm³/mol. The van der Waals surface area contributed by atoms with Gasteiger partial charge in [-0.1, -0.05) is 34.1 Å². The van der Waals surface area contributed by atoms with Crippen molar-refractivity contribution in [2.75, 3.05) is 0 Å². The minimum Gasteiger partial charge on any atom is -0.353 e. The van der Waals surface area contributed by atoms with E-state index in [1.165, 1.54) is 31.2 Å². The van der Waals surface area contributed by atoms with Crippen molar-refractivity contribution in [3.63, 3.8) is 0 Å². The van der Waals surface area contributed by atoms with E-state index in [2.05, 4.69) is 45.6 Å². The van der Waals surface area contributed by atoms with Gasteiger partial charge in [0.2, 0.25) is 5.91 Å². The molecule has 2 aliphatic rings. The molecule has 4 heteroatoms. The van der Waals surface area contributed by atoms with Gasteiger partial charge in [-0.15, -0.1) is 0 Å². The summed E-state index contributed by atoms with van der Waals surface area (Å²) in [4.78, 5) is 12.3. The van der Waals surface area contributed by atoms with Gasteiger partial charge in [0.1, 0.15) is 0 Å². The molecule has 0 aliphatic carbocycles. The van der Waals surface area contributed by atoms with E-state index >= 15 is 0 Å². The summed E-state index contributed by atoms with van der Waals surface area (Å²) >= 11 is 3.57. The highest BCUT2D eigenvalue weighted by Crippen LogP contribution is 2.32. The Morgan fingerprint density at radius 2 is 2.00 bits per heavy atom. The molecule has 1 amide bonds. The Morgan fingerprint density at radius 3 is 2.68 bits per heavy atom. The second-order valence-corrected chi connectivity index (χ2v) is 7.80. The molecule has 1 aromatic carbocycles. The summed E-state index contributed by atoms with van der Waals surface area (Å²) in [5.74, 6) is 0.778. The molecular weight excluding hydrogens is 340 g/mol. The van der Waals surface area contributed by atoms with Gasteiger partial charge in [0.15, 0.2) is 0 Å². The third-order valence-electron chi connectivity index (χ3n) is 4.94. The zero-order valence-corrected chi connectivity index (χ0v) is 14.7. The van der Waals surface area contributed by atoms with Crippen molar-refractivity contribution in [1.82, 2.24) is 10.6 Å². The Bertz CT molecular complexity index is 522.